The van der Waals surface area contributed by atoms with E-state index in [9.17, 15) is 18.3 Å². The van der Waals surface area contributed by atoms with Crippen molar-refractivity contribution in [1.29, 1.82) is 0 Å². The van der Waals surface area contributed by atoms with Crippen LogP contribution in [0.25, 0.3) is 0 Å². The van der Waals surface area contributed by atoms with Gasteiger partial charge in [0.15, 0.2) is 0 Å². The second-order valence-corrected chi connectivity index (χ2v) is 11.1. The Kier molecular flexibility index (Phi) is 7.59. The second kappa shape index (κ2) is 10.5. The van der Waals surface area contributed by atoms with Gasteiger partial charge in [0.05, 0.1) is 17.5 Å². The summed E-state index contributed by atoms with van der Waals surface area (Å²) in [5.74, 6) is 0.701. The zero-order valence-electron chi connectivity index (χ0n) is 21.3. The van der Waals surface area contributed by atoms with Crippen molar-refractivity contribution < 1.29 is 27.8 Å². The molecule has 0 saturated carbocycles. The molecule has 0 bridgehead atoms. The van der Waals surface area contributed by atoms with Crippen molar-refractivity contribution in [1.82, 2.24) is 4.72 Å². The van der Waals surface area contributed by atoms with Crippen molar-refractivity contribution in [3.63, 3.8) is 0 Å². The van der Waals surface area contributed by atoms with Crippen LogP contribution in [0, 0.1) is 0 Å². The lowest BCUT2D eigenvalue weighted by Crippen LogP contribution is -2.53. The zero-order chi connectivity index (χ0) is 26.8. The lowest BCUT2D eigenvalue weighted by Gasteiger charge is -2.42. The van der Waals surface area contributed by atoms with Crippen molar-refractivity contribution in [3.8, 4) is 11.5 Å². The Hall–Kier alpha value is -3.40. The number of aliphatic hydroxyl groups excluding tert-OH is 1. The van der Waals surface area contributed by atoms with E-state index in [0.29, 0.717) is 34.9 Å². The minimum absolute atomic E-state index is 0.0899. The molecule has 0 saturated heterocycles. The summed E-state index contributed by atoms with van der Waals surface area (Å²) in [6.07, 6.45) is -0.427. The highest BCUT2D eigenvalue weighted by Gasteiger charge is 2.44. The van der Waals surface area contributed by atoms with Crippen molar-refractivity contribution in [2.45, 2.75) is 56.8 Å². The highest BCUT2D eigenvalue weighted by atomic mass is 32.2. The molecular formula is C28H32N2O6S. The molecule has 3 aromatic carbocycles. The monoisotopic (exact) mass is 524 g/mol. The minimum atomic E-state index is -3.98. The summed E-state index contributed by atoms with van der Waals surface area (Å²) in [5, 5.41) is 13.9. The molecule has 1 aliphatic rings. The molecule has 1 amide bonds. The van der Waals surface area contributed by atoms with Gasteiger partial charge in [0.1, 0.15) is 23.2 Å². The van der Waals surface area contributed by atoms with Gasteiger partial charge in [0.25, 0.3) is 5.91 Å². The molecule has 0 radical (unpaired) electrons. The molecule has 0 aromatic heterocycles. The number of ether oxygens (including phenoxy) is 2. The first-order valence-corrected chi connectivity index (χ1v) is 13.7. The number of aryl methyl sites for hydroxylation is 1. The van der Waals surface area contributed by atoms with Crippen LogP contribution in [0.1, 0.15) is 55.2 Å². The van der Waals surface area contributed by atoms with E-state index in [1.54, 1.807) is 80.6 Å². The van der Waals surface area contributed by atoms with Crippen molar-refractivity contribution in [3.05, 3.63) is 83.4 Å². The summed E-state index contributed by atoms with van der Waals surface area (Å²) in [6.45, 7) is 7.79. The molecule has 0 aliphatic carbocycles. The third-order valence-corrected chi connectivity index (χ3v) is 7.81. The van der Waals surface area contributed by atoms with Crippen LogP contribution >= 0.6 is 0 Å². The van der Waals surface area contributed by atoms with E-state index in [0.717, 1.165) is 12.0 Å². The quantitative estimate of drug-likeness (QED) is 0.401. The van der Waals surface area contributed by atoms with Crippen LogP contribution in [0.4, 0.5) is 5.69 Å². The second-order valence-electron chi connectivity index (χ2n) is 9.41. The number of amides is 1. The van der Waals surface area contributed by atoms with Crippen molar-refractivity contribution >= 4 is 21.6 Å². The number of benzene rings is 3. The molecule has 2 atom stereocenters. The Labute approximate surface area is 217 Å². The van der Waals surface area contributed by atoms with E-state index < -0.39 is 27.8 Å². The summed E-state index contributed by atoms with van der Waals surface area (Å²) in [5.41, 5.74) is 1.19. The fourth-order valence-corrected chi connectivity index (χ4v) is 5.43. The molecule has 1 aliphatic heterocycles. The van der Waals surface area contributed by atoms with Crippen LogP contribution in [-0.4, -0.2) is 37.7 Å². The first kappa shape index (κ1) is 26.7. The fraction of sp³-hybridized carbons (Fsp3) is 0.321. The molecule has 9 heteroatoms. The number of carbonyl (C=O) groups is 1. The van der Waals surface area contributed by atoms with E-state index in [2.05, 4.69) is 10.0 Å². The number of fused-ring (bicyclic) bond motifs is 1. The predicted molar refractivity (Wildman–Crippen MR) is 142 cm³/mol. The van der Waals surface area contributed by atoms with Gasteiger partial charge in [0.2, 0.25) is 10.0 Å². The average Bonchev–Trinajstić information content (AvgIpc) is 2.87. The molecule has 3 aromatic rings. The summed E-state index contributed by atoms with van der Waals surface area (Å²) in [4.78, 5) is 13.1. The van der Waals surface area contributed by atoms with Gasteiger partial charge < -0.3 is 19.9 Å². The van der Waals surface area contributed by atoms with Crippen LogP contribution in [0.5, 0.6) is 11.5 Å². The maximum absolute atomic E-state index is 13.2. The summed E-state index contributed by atoms with van der Waals surface area (Å²) < 4.78 is 40.5. The Morgan fingerprint density at radius 2 is 1.70 bits per heavy atom. The fourth-order valence-electron chi connectivity index (χ4n) is 4.21. The highest BCUT2D eigenvalue weighted by Crippen LogP contribution is 2.41. The molecule has 8 nitrogen and oxygen atoms in total. The van der Waals surface area contributed by atoms with E-state index in [1.165, 1.54) is 0 Å². The van der Waals surface area contributed by atoms with Gasteiger partial charge in [-0.1, -0.05) is 19.1 Å². The van der Waals surface area contributed by atoms with E-state index >= 15 is 0 Å². The Morgan fingerprint density at radius 3 is 2.32 bits per heavy atom. The SMILES string of the molecule is CCOc1ccc(NC(=O)c2ccc3c(c2)[C@@H](NS(=O)(=O)c2ccc(CC)cc2)[C@H](O)C(C)(C)O3)cc1. The Morgan fingerprint density at radius 1 is 1.03 bits per heavy atom. The molecule has 1 heterocycles. The van der Waals surface area contributed by atoms with Crippen LogP contribution in [-0.2, 0) is 16.4 Å². The number of anilines is 1. The third kappa shape index (κ3) is 5.79. The standard InChI is InChI=1S/C28H32N2O6S/c1-5-18-7-14-22(15-8-18)37(33,34)30-25-23-17-19(9-16-24(23)36-28(3,4)26(25)31)27(32)29-20-10-12-21(13-11-20)35-6-2/h7-17,25-26,30-31H,5-6H2,1-4H3,(H,29,32)/t25-,26+/m1/s1. The molecule has 3 N–H and O–H groups in total. The van der Waals surface area contributed by atoms with Crippen LogP contribution in [0.3, 0.4) is 0 Å². The van der Waals surface area contributed by atoms with Gasteiger partial charge >= 0.3 is 0 Å². The van der Waals surface area contributed by atoms with E-state index in [1.807, 2.05) is 13.8 Å². The summed E-state index contributed by atoms with van der Waals surface area (Å²) in [6, 6.07) is 17.3. The largest absolute Gasteiger partial charge is 0.494 e. The zero-order valence-corrected chi connectivity index (χ0v) is 22.1. The lowest BCUT2D eigenvalue weighted by atomic mass is 9.86. The first-order chi connectivity index (χ1) is 17.5. The number of aliphatic hydroxyl groups is 1. The molecule has 0 spiro atoms. The molecule has 4 rings (SSSR count). The van der Waals surface area contributed by atoms with Gasteiger partial charge in [0, 0.05) is 16.8 Å². The van der Waals surface area contributed by atoms with Gasteiger partial charge in [-0.25, -0.2) is 13.1 Å². The molecule has 196 valence electrons. The van der Waals surface area contributed by atoms with Gasteiger partial charge in [-0.05, 0) is 87.4 Å². The Bertz CT molecular complexity index is 1370. The van der Waals surface area contributed by atoms with Gasteiger partial charge in [-0.3, -0.25) is 4.79 Å². The predicted octanol–water partition coefficient (Wildman–Crippen LogP) is 4.45. The van der Waals surface area contributed by atoms with Crippen LogP contribution < -0.4 is 19.5 Å². The number of hydrogen-bond donors (Lipinski definition) is 3. The number of hydrogen-bond acceptors (Lipinski definition) is 6. The first-order valence-electron chi connectivity index (χ1n) is 12.2. The molecule has 0 unspecified atom stereocenters. The maximum atomic E-state index is 13.2. The number of rotatable bonds is 8. The topological polar surface area (TPSA) is 114 Å². The van der Waals surface area contributed by atoms with Gasteiger partial charge in [-0.2, -0.15) is 0 Å². The van der Waals surface area contributed by atoms with E-state index in [-0.39, 0.29) is 10.8 Å². The Balaban J connectivity index is 1.63. The maximum Gasteiger partial charge on any atom is 0.255 e. The highest BCUT2D eigenvalue weighted by molar-refractivity contribution is 7.89. The smallest absolute Gasteiger partial charge is 0.255 e. The minimum Gasteiger partial charge on any atom is -0.494 e. The molecule has 0 fully saturated rings. The normalized spacial score (nSPS) is 18.4. The number of carbonyl (C=O) groups excluding carboxylic acids is 1. The lowest BCUT2D eigenvalue weighted by molar-refractivity contribution is -0.0603. The average molecular weight is 525 g/mol. The third-order valence-electron chi connectivity index (χ3n) is 6.36. The molecule has 37 heavy (non-hydrogen) atoms. The van der Waals surface area contributed by atoms with Gasteiger partial charge in [-0.15, -0.1) is 0 Å². The van der Waals surface area contributed by atoms with Crippen molar-refractivity contribution in [2.24, 2.45) is 0 Å². The van der Waals surface area contributed by atoms with Crippen molar-refractivity contribution in [2.75, 3.05) is 11.9 Å². The molecular weight excluding hydrogens is 492 g/mol. The number of sulfonamides is 1. The summed E-state index contributed by atoms with van der Waals surface area (Å²) in [7, 11) is -3.98. The number of nitrogens with one attached hydrogen (secondary N) is 2. The van der Waals surface area contributed by atoms with E-state index in [4.69, 9.17) is 9.47 Å². The van der Waals surface area contributed by atoms with Crippen LogP contribution in [0.2, 0.25) is 0 Å². The summed E-state index contributed by atoms with van der Waals surface area (Å²) >= 11 is 0. The van der Waals surface area contributed by atoms with Crippen LogP contribution in [0.15, 0.2) is 71.6 Å².